The minimum Gasteiger partial charge on any atom is -0.480 e. The van der Waals surface area contributed by atoms with E-state index >= 15 is 0 Å². The molecule has 0 unspecified atom stereocenters. The Labute approximate surface area is 151 Å². The van der Waals surface area contributed by atoms with Crippen molar-refractivity contribution in [3.63, 3.8) is 0 Å². The first-order chi connectivity index (χ1) is 12.4. The fourth-order valence-corrected chi connectivity index (χ4v) is 3.72. The molecule has 0 bridgehead atoms. The minimum absolute atomic E-state index is 0.0719. The molecule has 3 rings (SSSR count). The summed E-state index contributed by atoms with van der Waals surface area (Å²) in [5.41, 5.74) is -0.409. The number of nitrogens with one attached hydrogen (secondary N) is 1. The van der Waals surface area contributed by atoms with Crippen molar-refractivity contribution < 1.29 is 24.3 Å². The number of hydrogen-bond donors (Lipinski definition) is 2. The summed E-state index contributed by atoms with van der Waals surface area (Å²) >= 11 is 0. The molecule has 3 amide bonds. The van der Waals surface area contributed by atoms with Gasteiger partial charge in [0.2, 0.25) is 5.91 Å². The molecule has 0 aromatic heterocycles. The molecule has 1 fully saturated rings. The molecule has 2 N–H and O–H groups in total. The van der Waals surface area contributed by atoms with Gasteiger partial charge in [-0.25, -0.2) is 4.79 Å². The average Bonchev–Trinajstić information content (AvgIpc) is 2.87. The highest BCUT2D eigenvalue weighted by Crippen LogP contribution is 2.29. The lowest BCUT2D eigenvalue weighted by atomic mass is 9.81. The van der Waals surface area contributed by atoms with Crippen molar-refractivity contribution in [2.75, 3.05) is 6.54 Å². The average molecular weight is 358 g/mol. The van der Waals surface area contributed by atoms with Gasteiger partial charge in [0.15, 0.2) is 0 Å². The predicted octanol–water partition coefficient (Wildman–Crippen LogP) is 1.97. The molecule has 7 heteroatoms. The number of amides is 3. The Morgan fingerprint density at radius 1 is 1.04 bits per heavy atom. The highest BCUT2D eigenvalue weighted by molar-refractivity contribution is 6.21. The van der Waals surface area contributed by atoms with Gasteiger partial charge in [-0.05, 0) is 31.4 Å². The third kappa shape index (κ3) is 3.34. The van der Waals surface area contributed by atoms with Crippen LogP contribution in [0.2, 0.25) is 0 Å². The van der Waals surface area contributed by atoms with Gasteiger partial charge in [-0.1, -0.05) is 31.4 Å². The maximum atomic E-state index is 12.3. The van der Waals surface area contributed by atoms with E-state index in [4.69, 9.17) is 0 Å². The van der Waals surface area contributed by atoms with Gasteiger partial charge in [-0.2, -0.15) is 0 Å². The molecule has 1 saturated carbocycles. The molecule has 138 valence electrons. The van der Waals surface area contributed by atoms with Crippen molar-refractivity contribution in [1.82, 2.24) is 10.2 Å². The molecule has 0 saturated heterocycles. The van der Waals surface area contributed by atoms with Crippen LogP contribution >= 0.6 is 0 Å². The van der Waals surface area contributed by atoms with E-state index < -0.39 is 11.5 Å². The largest absolute Gasteiger partial charge is 0.480 e. The lowest BCUT2D eigenvalue weighted by molar-refractivity contribution is -0.149. The number of rotatable bonds is 6. The van der Waals surface area contributed by atoms with Crippen LogP contribution in [0.25, 0.3) is 0 Å². The molecule has 1 aromatic carbocycles. The van der Waals surface area contributed by atoms with E-state index in [-0.39, 0.29) is 30.7 Å². The number of carboxylic acid groups (broad SMARTS) is 1. The molecule has 1 aromatic rings. The smallest absolute Gasteiger partial charge is 0.329 e. The topological polar surface area (TPSA) is 104 Å². The third-order valence-electron chi connectivity index (χ3n) is 5.16. The Morgan fingerprint density at radius 3 is 2.15 bits per heavy atom. The van der Waals surface area contributed by atoms with Crippen molar-refractivity contribution in [3.8, 4) is 0 Å². The summed E-state index contributed by atoms with van der Waals surface area (Å²) in [5.74, 6) is -2.04. The van der Waals surface area contributed by atoms with Crippen LogP contribution in [0.5, 0.6) is 0 Å². The molecule has 2 aliphatic rings. The zero-order chi connectivity index (χ0) is 18.7. The third-order valence-corrected chi connectivity index (χ3v) is 5.16. The number of imide groups is 1. The van der Waals surface area contributed by atoms with Crippen LogP contribution in [0.3, 0.4) is 0 Å². The molecule has 0 atom stereocenters. The highest BCUT2D eigenvalue weighted by Gasteiger charge is 2.41. The zero-order valence-corrected chi connectivity index (χ0v) is 14.5. The van der Waals surface area contributed by atoms with E-state index in [2.05, 4.69) is 5.32 Å². The predicted molar refractivity (Wildman–Crippen MR) is 92.6 cm³/mol. The number of aliphatic carboxylic acids is 1. The van der Waals surface area contributed by atoms with Gasteiger partial charge in [-0.15, -0.1) is 0 Å². The van der Waals surface area contributed by atoms with E-state index in [9.17, 15) is 24.3 Å². The van der Waals surface area contributed by atoms with Crippen LogP contribution in [0, 0.1) is 0 Å². The summed E-state index contributed by atoms with van der Waals surface area (Å²) in [6.07, 6.45) is 3.78. The van der Waals surface area contributed by atoms with E-state index in [1.165, 1.54) is 0 Å². The van der Waals surface area contributed by atoms with Crippen molar-refractivity contribution in [3.05, 3.63) is 35.4 Å². The van der Waals surface area contributed by atoms with Crippen LogP contribution in [0.15, 0.2) is 24.3 Å². The van der Waals surface area contributed by atoms with Gasteiger partial charge >= 0.3 is 5.97 Å². The molecule has 0 spiro atoms. The van der Waals surface area contributed by atoms with E-state index in [0.717, 1.165) is 24.2 Å². The van der Waals surface area contributed by atoms with Crippen molar-refractivity contribution >= 4 is 23.7 Å². The van der Waals surface area contributed by atoms with Crippen LogP contribution in [-0.2, 0) is 9.59 Å². The van der Waals surface area contributed by atoms with Crippen LogP contribution in [-0.4, -0.2) is 45.8 Å². The Morgan fingerprint density at radius 2 is 1.62 bits per heavy atom. The number of benzene rings is 1. The zero-order valence-electron chi connectivity index (χ0n) is 14.5. The van der Waals surface area contributed by atoms with Crippen molar-refractivity contribution in [2.45, 2.75) is 50.5 Å². The van der Waals surface area contributed by atoms with Crippen LogP contribution in [0.1, 0.15) is 65.7 Å². The molecule has 1 heterocycles. The summed E-state index contributed by atoms with van der Waals surface area (Å²) in [6.45, 7) is 0.139. The monoisotopic (exact) mass is 358 g/mol. The summed E-state index contributed by atoms with van der Waals surface area (Å²) in [5, 5.41) is 12.2. The van der Waals surface area contributed by atoms with Gasteiger partial charge < -0.3 is 10.4 Å². The minimum atomic E-state index is -1.18. The second-order valence-corrected chi connectivity index (χ2v) is 6.91. The number of nitrogens with zero attached hydrogens (tertiary/aromatic N) is 1. The van der Waals surface area contributed by atoms with Gasteiger partial charge in [-0.3, -0.25) is 19.3 Å². The molecular weight excluding hydrogens is 336 g/mol. The lowest BCUT2D eigenvalue weighted by Crippen LogP contribution is -2.55. The van der Waals surface area contributed by atoms with E-state index in [0.29, 0.717) is 30.4 Å². The van der Waals surface area contributed by atoms with Gasteiger partial charge in [0.05, 0.1) is 11.1 Å². The first-order valence-corrected chi connectivity index (χ1v) is 8.94. The highest BCUT2D eigenvalue weighted by atomic mass is 16.4. The molecule has 0 radical (unpaired) electrons. The Balaban J connectivity index is 1.54. The Bertz CT molecular complexity index is 717. The standard InChI is InChI=1S/C19H22N2O5/c22-15(20-19(18(25)26)10-4-1-5-11-19)9-6-12-21-16(23)13-7-2-3-8-14(13)17(21)24/h2-3,7-8H,1,4-6,9-12H2,(H,20,22)(H,25,26). The van der Waals surface area contributed by atoms with Gasteiger partial charge in [0.1, 0.15) is 5.54 Å². The normalized spacial score (nSPS) is 18.5. The summed E-state index contributed by atoms with van der Waals surface area (Å²) in [7, 11) is 0. The fourth-order valence-electron chi connectivity index (χ4n) is 3.72. The van der Waals surface area contributed by atoms with Gasteiger partial charge in [0.25, 0.3) is 11.8 Å². The summed E-state index contributed by atoms with van der Waals surface area (Å²) in [4.78, 5) is 49.5. The van der Waals surface area contributed by atoms with Crippen molar-refractivity contribution in [2.24, 2.45) is 0 Å². The van der Waals surface area contributed by atoms with Gasteiger partial charge in [0, 0.05) is 13.0 Å². The first kappa shape index (κ1) is 18.1. The van der Waals surface area contributed by atoms with Crippen LogP contribution < -0.4 is 5.32 Å². The molecule has 1 aliphatic carbocycles. The van der Waals surface area contributed by atoms with Crippen LogP contribution in [0.4, 0.5) is 0 Å². The molecular formula is C19H22N2O5. The molecule has 26 heavy (non-hydrogen) atoms. The Kier molecular flexibility index (Phi) is 5.06. The first-order valence-electron chi connectivity index (χ1n) is 8.94. The lowest BCUT2D eigenvalue weighted by Gasteiger charge is -2.34. The molecule has 1 aliphatic heterocycles. The van der Waals surface area contributed by atoms with E-state index in [1.54, 1.807) is 24.3 Å². The van der Waals surface area contributed by atoms with E-state index in [1.807, 2.05) is 0 Å². The van der Waals surface area contributed by atoms with Crippen molar-refractivity contribution in [1.29, 1.82) is 0 Å². The number of carbonyl (C=O) groups is 4. The Hall–Kier alpha value is -2.70. The summed E-state index contributed by atoms with van der Waals surface area (Å²) in [6, 6.07) is 6.64. The fraction of sp³-hybridized carbons (Fsp3) is 0.474. The maximum absolute atomic E-state index is 12.3. The number of carboxylic acids is 1. The quantitative estimate of drug-likeness (QED) is 0.757. The molecule has 7 nitrogen and oxygen atoms in total. The maximum Gasteiger partial charge on any atom is 0.329 e. The second-order valence-electron chi connectivity index (χ2n) is 6.91. The SMILES string of the molecule is O=C(CCCN1C(=O)c2ccccc2C1=O)NC1(C(=O)O)CCCCC1. The number of carbonyl (C=O) groups excluding carboxylic acids is 3. The summed E-state index contributed by atoms with van der Waals surface area (Å²) < 4.78 is 0. The number of hydrogen-bond acceptors (Lipinski definition) is 4. The number of fused-ring (bicyclic) bond motifs is 1. The second kappa shape index (κ2) is 7.27.